The number of aromatic nitrogens is 2. The van der Waals surface area contributed by atoms with E-state index in [4.69, 9.17) is 0 Å². The summed E-state index contributed by atoms with van der Waals surface area (Å²) in [4.78, 5) is 15.8. The van der Waals surface area contributed by atoms with Crippen molar-refractivity contribution in [1.29, 1.82) is 0 Å². The first-order valence-electron chi connectivity index (χ1n) is 4.75. The zero-order valence-electron chi connectivity index (χ0n) is 9.12. The highest BCUT2D eigenvalue weighted by atomic mass is 79.9. The highest BCUT2D eigenvalue weighted by Crippen LogP contribution is 2.10. The molecule has 5 heteroatoms. The van der Waals surface area contributed by atoms with E-state index in [1.54, 1.807) is 20.8 Å². The third-order valence-electron chi connectivity index (χ3n) is 2.12. The Kier molecular flexibility index (Phi) is 3.67. The fourth-order valence-corrected chi connectivity index (χ4v) is 1.43. The first-order valence-corrected chi connectivity index (χ1v) is 5.54. The van der Waals surface area contributed by atoms with Crippen LogP contribution in [0.5, 0.6) is 0 Å². The minimum atomic E-state index is -0.767. The van der Waals surface area contributed by atoms with Gasteiger partial charge in [0.05, 0.1) is 17.6 Å². The third kappa shape index (κ3) is 3.43. The first kappa shape index (κ1) is 12.4. The summed E-state index contributed by atoms with van der Waals surface area (Å²) in [6, 6.07) is 0. The predicted octanol–water partition coefficient (Wildman–Crippen LogP) is 1.48. The Labute approximate surface area is 97.1 Å². The minimum absolute atomic E-state index is 0.105. The van der Waals surface area contributed by atoms with Crippen LogP contribution in [-0.4, -0.2) is 20.3 Å². The SMILES string of the molecule is Cc1ncn(CCC(C)(C)O)c(=O)c1Br. The largest absolute Gasteiger partial charge is 0.390 e. The molecular weight excluding hydrogens is 260 g/mol. The molecule has 0 bridgehead atoms. The molecule has 84 valence electrons. The number of nitrogens with zero attached hydrogens (tertiary/aromatic N) is 2. The fraction of sp³-hybridized carbons (Fsp3) is 0.600. The zero-order valence-corrected chi connectivity index (χ0v) is 10.7. The molecule has 0 saturated carbocycles. The van der Waals surface area contributed by atoms with Crippen molar-refractivity contribution in [3.8, 4) is 0 Å². The maximum absolute atomic E-state index is 11.7. The quantitative estimate of drug-likeness (QED) is 0.909. The van der Waals surface area contributed by atoms with Crippen LogP contribution in [0.25, 0.3) is 0 Å². The van der Waals surface area contributed by atoms with Gasteiger partial charge in [0.1, 0.15) is 4.47 Å². The summed E-state index contributed by atoms with van der Waals surface area (Å²) in [6.45, 7) is 5.67. The molecule has 0 radical (unpaired) electrons. The molecule has 1 rings (SSSR count). The van der Waals surface area contributed by atoms with Gasteiger partial charge in [-0.05, 0) is 43.1 Å². The molecule has 1 N–H and O–H groups in total. The Morgan fingerprint density at radius 3 is 2.73 bits per heavy atom. The van der Waals surface area contributed by atoms with E-state index in [-0.39, 0.29) is 5.56 Å². The van der Waals surface area contributed by atoms with E-state index in [1.165, 1.54) is 10.9 Å². The van der Waals surface area contributed by atoms with Gasteiger partial charge >= 0.3 is 0 Å². The zero-order chi connectivity index (χ0) is 11.6. The molecule has 0 aliphatic rings. The summed E-state index contributed by atoms with van der Waals surface area (Å²) >= 11 is 3.19. The van der Waals surface area contributed by atoms with Gasteiger partial charge in [-0.3, -0.25) is 9.36 Å². The second kappa shape index (κ2) is 4.45. The van der Waals surface area contributed by atoms with Gasteiger partial charge in [-0.2, -0.15) is 0 Å². The summed E-state index contributed by atoms with van der Waals surface area (Å²) in [7, 11) is 0. The molecule has 0 amide bonds. The molecule has 0 saturated heterocycles. The van der Waals surface area contributed by atoms with Crippen LogP contribution >= 0.6 is 15.9 Å². The maximum Gasteiger partial charge on any atom is 0.267 e. The lowest BCUT2D eigenvalue weighted by atomic mass is 10.1. The topological polar surface area (TPSA) is 55.1 Å². The molecular formula is C10H15BrN2O2. The van der Waals surface area contributed by atoms with Crippen molar-refractivity contribution in [2.45, 2.75) is 39.3 Å². The third-order valence-corrected chi connectivity index (χ3v) is 3.03. The molecule has 1 aromatic rings. The fourth-order valence-electron chi connectivity index (χ4n) is 1.10. The van der Waals surface area contributed by atoms with Gasteiger partial charge in [-0.1, -0.05) is 0 Å². The Hall–Kier alpha value is -0.680. The normalized spacial score (nSPS) is 11.8. The van der Waals surface area contributed by atoms with Gasteiger partial charge in [0.25, 0.3) is 5.56 Å². The standard InChI is InChI=1S/C10H15BrN2O2/c1-7-8(11)9(14)13(6-12-7)5-4-10(2,3)15/h6,15H,4-5H2,1-3H3. The van der Waals surface area contributed by atoms with Crippen LogP contribution in [0.2, 0.25) is 0 Å². The predicted molar refractivity (Wildman–Crippen MR) is 61.8 cm³/mol. The number of aryl methyl sites for hydroxylation is 2. The van der Waals surface area contributed by atoms with Gasteiger partial charge < -0.3 is 5.11 Å². The Morgan fingerprint density at radius 1 is 1.60 bits per heavy atom. The van der Waals surface area contributed by atoms with Crippen molar-refractivity contribution in [2.24, 2.45) is 0 Å². The molecule has 15 heavy (non-hydrogen) atoms. The van der Waals surface area contributed by atoms with Gasteiger partial charge in [0.2, 0.25) is 0 Å². The Morgan fingerprint density at radius 2 is 2.20 bits per heavy atom. The van der Waals surface area contributed by atoms with Crippen LogP contribution in [0.15, 0.2) is 15.6 Å². The van der Waals surface area contributed by atoms with E-state index in [0.717, 1.165) is 0 Å². The second-order valence-corrected chi connectivity index (χ2v) is 5.00. The molecule has 0 spiro atoms. The number of hydrogen-bond donors (Lipinski definition) is 1. The highest BCUT2D eigenvalue weighted by Gasteiger charge is 2.13. The molecule has 0 unspecified atom stereocenters. The molecule has 0 aliphatic carbocycles. The molecule has 0 atom stereocenters. The van der Waals surface area contributed by atoms with Crippen molar-refractivity contribution >= 4 is 15.9 Å². The van der Waals surface area contributed by atoms with E-state index in [2.05, 4.69) is 20.9 Å². The van der Waals surface area contributed by atoms with Gasteiger partial charge in [-0.15, -0.1) is 0 Å². The number of rotatable bonds is 3. The number of aliphatic hydroxyl groups is 1. The van der Waals surface area contributed by atoms with Gasteiger partial charge in [-0.25, -0.2) is 4.98 Å². The Bertz CT molecular complexity index is 407. The molecule has 4 nitrogen and oxygen atoms in total. The van der Waals surface area contributed by atoms with Gasteiger partial charge in [0, 0.05) is 6.54 Å². The summed E-state index contributed by atoms with van der Waals surface area (Å²) in [5.74, 6) is 0. The molecule has 0 aliphatic heterocycles. The van der Waals surface area contributed by atoms with Crippen molar-refractivity contribution in [2.75, 3.05) is 0 Å². The van der Waals surface area contributed by atoms with Crippen molar-refractivity contribution in [1.82, 2.24) is 9.55 Å². The van der Waals surface area contributed by atoms with Crippen molar-refractivity contribution < 1.29 is 5.11 Å². The lowest BCUT2D eigenvalue weighted by Crippen LogP contribution is -2.27. The van der Waals surface area contributed by atoms with Crippen LogP contribution < -0.4 is 5.56 Å². The first-order chi connectivity index (χ1) is 6.81. The summed E-state index contributed by atoms with van der Waals surface area (Å²) in [5, 5.41) is 9.55. The van der Waals surface area contributed by atoms with Crippen molar-refractivity contribution in [3.05, 3.63) is 26.8 Å². The monoisotopic (exact) mass is 274 g/mol. The van der Waals surface area contributed by atoms with E-state index < -0.39 is 5.60 Å². The smallest absolute Gasteiger partial charge is 0.267 e. The summed E-state index contributed by atoms with van der Waals surface area (Å²) in [5.41, 5.74) is -0.192. The van der Waals surface area contributed by atoms with E-state index in [1.807, 2.05) is 0 Å². The minimum Gasteiger partial charge on any atom is -0.390 e. The summed E-state index contributed by atoms with van der Waals surface area (Å²) < 4.78 is 1.98. The summed E-state index contributed by atoms with van der Waals surface area (Å²) in [6.07, 6.45) is 2.03. The highest BCUT2D eigenvalue weighted by molar-refractivity contribution is 9.10. The van der Waals surface area contributed by atoms with E-state index in [0.29, 0.717) is 23.1 Å². The lowest BCUT2D eigenvalue weighted by Gasteiger charge is -2.17. The average Bonchev–Trinajstić information content (AvgIpc) is 2.12. The van der Waals surface area contributed by atoms with E-state index in [9.17, 15) is 9.90 Å². The molecule has 0 fully saturated rings. The Balaban J connectivity index is 2.89. The van der Waals surface area contributed by atoms with Crippen LogP contribution in [0, 0.1) is 6.92 Å². The molecule has 1 aromatic heterocycles. The van der Waals surface area contributed by atoms with Crippen LogP contribution in [0.1, 0.15) is 26.0 Å². The second-order valence-electron chi connectivity index (χ2n) is 4.20. The van der Waals surface area contributed by atoms with E-state index >= 15 is 0 Å². The van der Waals surface area contributed by atoms with Crippen molar-refractivity contribution in [3.63, 3.8) is 0 Å². The number of halogens is 1. The van der Waals surface area contributed by atoms with Crippen LogP contribution in [-0.2, 0) is 6.54 Å². The maximum atomic E-state index is 11.7. The van der Waals surface area contributed by atoms with Crippen LogP contribution in [0.3, 0.4) is 0 Å². The molecule has 1 heterocycles. The van der Waals surface area contributed by atoms with Gasteiger partial charge in [0.15, 0.2) is 0 Å². The lowest BCUT2D eigenvalue weighted by molar-refractivity contribution is 0.0658. The van der Waals surface area contributed by atoms with Crippen LogP contribution in [0.4, 0.5) is 0 Å². The molecule has 0 aromatic carbocycles. The average molecular weight is 275 g/mol. The number of hydrogen-bond acceptors (Lipinski definition) is 3.